The molecule has 1 heterocycles. The Bertz CT molecular complexity index is 683. The molecule has 0 fully saturated rings. The first-order chi connectivity index (χ1) is 11.0. The maximum absolute atomic E-state index is 12.1. The minimum Gasteiger partial charge on any atom is -0.472 e. The second-order valence-electron chi connectivity index (χ2n) is 4.90. The number of aliphatic imine (C=N–C) groups is 1. The zero-order valence-electron chi connectivity index (χ0n) is 13.1. The van der Waals surface area contributed by atoms with Gasteiger partial charge >= 0.3 is 0 Å². The van der Waals surface area contributed by atoms with E-state index in [1.807, 2.05) is 31.2 Å². The molecule has 0 radical (unpaired) electrons. The van der Waals surface area contributed by atoms with Crippen LogP contribution < -0.4 is 15.8 Å². The smallest absolute Gasteiger partial charge is 0.272 e. The number of pyridine rings is 1. The Kier molecular flexibility index (Phi) is 8.37. The Morgan fingerprint density at radius 1 is 1.33 bits per heavy atom. The molecule has 0 bridgehead atoms. The second kappa shape index (κ2) is 10.0. The number of benzene rings is 1. The van der Waals surface area contributed by atoms with E-state index in [0.717, 1.165) is 16.8 Å². The minimum atomic E-state index is -2.53. The highest BCUT2D eigenvalue weighted by molar-refractivity contribution is 14.0. The molecule has 0 aliphatic rings. The third-order valence-electron chi connectivity index (χ3n) is 2.88. The molecule has 2 aromatic rings. The van der Waals surface area contributed by atoms with E-state index >= 15 is 0 Å². The second-order valence-corrected chi connectivity index (χ2v) is 4.90. The number of rotatable bonds is 6. The molecule has 2 rings (SSSR count). The third-order valence-corrected chi connectivity index (χ3v) is 2.88. The molecule has 130 valence electrons. The number of aryl methyl sites for hydroxylation is 1. The molecule has 0 aliphatic heterocycles. The van der Waals surface area contributed by atoms with Crippen molar-refractivity contribution in [3.8, 4) is 5.88 Å². The zero-order chi connectivity index (χ0) is 16.7. The first-order valence-electron chi connectivity index (χ1n) is 7.02. The number of hydrogen-bond acceptors (Lipinski definition) is 3. The lowest BCUT2D eigenvalue weighted by molar-refractivity contribution is 0.0795. The van der Waals surface area contributed by atoms with Crippen LogP contribution in [0.1, 0.15) is 11.1 Å². The first kappa shape index (κ1) is 20.1. The van der Waals surface area contributed by atoms with Crippen LogP contribution in [0.25, 0.3) is 0 Å². The Balaban J connectivity index is 0.00000288. The van der Waals surface area contributed by atoms with Gasteiger partial charge in [0.25, 0.3) is 6.43 Å². The van der Waals surface area contributed by atoms with Crippen LogP contribution in [0.5, 0.6) is 5.88 Å². The predicted molar refractivity (Wildman–Crippen MR) is 101 cm³/mol. The van der Waals surface area contributed by atoms with Gasteiger partial charge in [-0.15, -0.1) is 24.0 Å². The molecule has 0 aliphatic carbocycles. The van der Waals surface area contributed by atoms with Crippen molar-refractivity contribution in [2.45, 2.75) is 19.9 Å². The molecule has 0 amide bonds. The molecule has 0 unspecified atom stereocenters. The number of ether oxygens (including phenoxy) is 1. The van der Waals surface area contributed by atoms with Gasteiger partial charge in [0.1, 0.15) is 0 Å². The lowest BCUT2D eigenvalue weighted by Gasteiger charge is -2.07. The van der Waals surface area contributed by atoms with E-state index in [1.165, 1.54) is 6.20 Å². The largest absolute Gasteiger partial charge is 0.472 e. The van der Waals surface area contributed by atoms with Gasteiger partial charge in [-0.1, -0.05) is 12.1 Å². The van der Waals surface area contributed by atoms with E-state index < -0.39 is 13.0 Å². The van der Waals surface area contributed by atoms with Gasteiger partial charge in [0.15, 0.2) is 12.6 Å². The summed E-state index contributed by atoms with van der Waals surface area (Å²) in [5.41, 5.74) is 8.55. The van der Waals surface area contributed by atoms with Gasteiger partial charge in [0.05, 0.1) is 6.54 Å². The average molecular weight is 448 g/mol. The average Bonchev–Trinajstić information content (AvgIpc) is 2.51. The number of nitrogens with zero attached hydrogens (tertiary/aromatic N) is 2. The molecule has 3 N–H and O–H groups in total. The summed E-state index contributed by atoms with van der Waals surface area (Å²) in [5, 5.41) is 2.99. The Labute approximate surface area is 156 Å². The van der Waals surface area contributed by atoms with Crippen molar-refractivity contribution in [1.82, 2.24) is 4.98 Å². The molecular weight excluding hydrogens is 429 g/mol. The van der Waals surface area contributed by atoms with E-state index in [4.69, 9.17) is 10.5 Å². The standard InChI is InChI=1S/C16H18F2N4O.HI/c1-11-3-2-4-13(7-11)22-16(19)21-9-12-5-6-20-15(8-12)23-10-14(17)18;/h2-8,14H,9-10H2,1H3,(H3,19,21,22);1H. The van der Waals surface area contributed by atoms with Crippen LogP contribution in [0, 0.1) is 6.92 Å². The van der Waals surface area contributed by atoms with Crippen LogP contribution >= 0.6 is 24.0 Å². The maximum atomic E-state index is 12.1. The molecule has 5 nitrogen and oxygen atoms in total. The normalized spacial score (nSPS) is 11.1. The summed E-state index contributed by atoms with van der Waals surface area (Å²) in [5.74, 6) is 0.408. The van der Waals surface area contributed by atoms with Gasteiger partial charge < -0.3 is 15.8 Å². The Morgan fingerprint density at radius 3 is 2.83 bits per heavy atom. The number of alkyl halides is 2. The van der Waals surface area contributed by atoms with E-state index in [-0.39, 0.29) is 42.4 Å². The van der Waals surface area contributed by atoms with Crippen molar-refractivity contribution >= 4 is 35.6 Å². The van der Waals surface area contributed by atoms with Gasteiger partial charge in [-0.05, 0) is 36.2 Å². The summed E-state index contributed by atoms with van der Waals surface area (Å²) in [4.78, 5) is 8.07. The lowest BCUT2D eigenvalue weighted by Crippen LogP contribution is -2.22. The Morgan fingerprint density at radius 2 is 2.12 bits per heavy atom. The van der Waals surface area contributed by atoms with Crippen LogP contribution in [-0.2, 0) is 6.54 Å². The summed E-state index contributed by atoms with van der Waals surface area (Å²) in [6.07, 6.45) is -1.05. The van der Waals surface area contributed by atoms with Crippen molar-refractivity contribution in [3.05, 3.63) is 53.7 Å². The van der Waals surface area contributed by atoms with Crippen molar-refractivity contribution in [2.24, 2.45) is 10.7 Å². The van der Waals surface area contributed by atoms with E-state index in [2.05, 4.69) is 15.3 Å². The maximum Gasteiger partial charge on any atom is 0.272 e. The van der Waals surface area contributed by atoms with E-state index in [9.17, 15) is 8.78 Å². The summed E-state index contributed by atoms with van der Waals surface area (Å²) >= 11 is 0. The molecule has 24 heavy (non-hydrogen) atoms. The molecule has 0 spiro atoms. The number of aromatic nitrogens is 1. The lowest BCUT2D eigenvalue weighted by atomic mass is 10.2. The van der Waals surface area contributed by atoms with E-state index in [1.54, 1.807) is 12.1 Å². The topological polar surface area (TPSA) is 72.5 Å². The molecule has 0 atom stereocenters. The van der Waals surface area contributed by atoms with Gasteiger partial charge in [-0.25, -0.2) is 18.8 Å². The summed E-state index contributed by atoms with van der Waals surface area (Å²) in [7, 11) is 0. The molecule has 0 saturated carbocycles. The molecule has 1 aromatic heterocycles. The monoisotopic (exact) mass is 448 g/mol. The van der Waals surface area contributed by atoms with Gasteiger partial charge in [0, 0.05) is 18.0 Å². The van der Waals surface area contributed by atoms with Crippen LogP contribution in [0.4, 0.5) is 14.5 Å². The van der Waals surface area contributed by atoms with Crippen LogP contribution in [0.3, 0.4) is 0 Å². The fraction of sp³-hybridized carbons (Fsp3) is 0.250. The Hall–Kier alpha value is -1.97. The van der Waals surface area contributed by atoms with E-state index in [0.29, 0.717) is 0 Å². The van der Waals surface area contributed by atoms with Crippen molar-refractivity contribution in [3.63, 3.8) is 0 Å². The minimum absolute atomic E-state index is 0. The van der Waals surface area contributed by atoms with Crippen LogP contribution in [-0.4, -0.2) is 24.0 Å². The SMILES string of the molecule is Cc1cccc(NC(N)=NCc2ccnc(OCC(F)F)c2)c1.I. The number of hydrogen-bond donors (Lipinski definition) is 2. The number of nitrogens with one attached hydrogen (secondary N) is 1. The first-order valence-corrected chi connectivity index (χ1v) is 7.02. The van der Waals surface area contributed by atoms with Crippen LogP contribution in [0.15, 0.2) is 47.6 Å². The van der Waals surface area contributed by atoms with Gasteiger partial charge in [-0.3, -0.25) is 0 Å². The third kappa shape index (κ3) is 7.07. The van der Waals surface area contributed by atoms with Gasteiger partial charge in [0.2, 0.25) is 5.88 Å². The number of nitrogens with two attached hydrogens (primary N) is 1. The van der Waals surface area contributed by atoms with Gasteiger partial charge in [-0.2, -0.15) is 0 Å². The fourth-order valence-corrected chi connectivity index (χ4v) is 1.86. The zero-order valence-corrected chi connectivity index (χ0v) is 15.4. The van der Waals surface area contributed by atoms with Crippen LogP contribution in [0.2, 0.25) is 0 Å². The summed E-state index contributed by atoms with van der Waals surface area (Å²) in [6, 6.07) is 11.0. The van der Waals surface area contributed by atoms with Crippen molar-refractivity contribution in [2.75, 3.05) is 11.9 Å². The molecule has 0 saturated heterocycles. The molecule has 1 aromatic carbocycles. The van der Waals surface area contributed by atoms with Crippen molar-refractivity contribution in [1.29, 1.82) is 0 Å². The number of guanidine groups is 1. The summed E-state index contributed by atoms with van der Waals surface area (Å²) < 4.78 is 29.1. The highest BCUT2D eigenvalue weighted by Crippen LogP contribution is 2.12. The predicted octanol–water partition coefficient (Wildman–Crippen LogP) is 3.58. The molecular formula is C16H19F2IN4O. The highest BCUT2D eigenvalue weighted by atomic mass is 127. The number of halogens is 3. The quantitative estimate of drug-likeness (QED) is 0.403. The van der Waals surface area contributed by atoms with Crippen molar-refractivity contribution < 1.29 is 13.5 Å². The molecule has 8 heteroatoms. The highest BCUT2D eigenvalue weighted by Gasteiger charge is 2.05. The summed E-state index contributed by atoms with van der Waals surface area (Å²) in [6.45, 7) is 1.59. The fourth-order valence-electron chi connectivity index (χ4n) is 1.86. The number of anilines is 1.